The Morgan fingerprint density at radius 3 is 1.76 bits per heavy atom. The van der Waals surface area contributed by atoms with Crippen molar-refractivity contribution in [1.29, 1.82) is 0 Å². The van der Waals surface area contributed by atoms with Crippen LogP contribution in [-0.2, 0) is 0 Å². The monoisotopic (exact) mass is 840 g/mol. The number of para-hydroxylation sites is 1. The van der Waals surface area contributed by atoms with Crippen molar-refractivity contribution in [1.82, 2.24) is 19.5 Å². The average molecular weight is 841 g/mol. The van der Waals surface area contributed by atoms with Crippen molar-refractivity contribution in [3.63, 3.8) is 0 Å². The van der Waals surface area contributed by atoms with E-state index in [2.05, 4.69) is 211 Å². The lowest BCUT2D eigenvalue weighted by Crippen LogP contribution is -2.04. The Morgan fingerprint density at radius 1 is 0.303 bits per heavy atom. The molecule has 0 unspecified atom stereocenters. The van der Waals surface area contributed by atoms with Crippen LogP contribution >= 0.6 is 0 Å². The number of hydrogen-bond acceptors (Lipinski definition) is 4. The third-order valence-corrected chi connectivity index (χ3v) is 13.4. The molecule has 0 N–H and O–H groups in total. The summed E-state index contributed by atoms with van der Waals surface area (Å²) in [5.74, 6) is 1.76. The van der Waals surface area contributed by atoms with Crippen LogP contribution in [0.2, 0.25) is 0 Å². The van der Waals surface area contributed by atoms with E-state index in [4.69, 9.17) is 19.4 Å². The first-order valence-electron chi connectivity index (χ1n) is 22.3. The van der Waals surface area contributed by atoms with Crippen LogP contribution in [0, 0.1) is 0 Å². The lowest BCUT2D eigenvalue weighted by molar-refractivity contribution is 0.669. The predicted octanol–water partition coefficient (Wildman–Crippen LogP) is 16.1. The molecule has 0 bridgehead atoms. The summed E-state index contributed by atoms with van der Waals surface area (Å²) in [4.78, 5) is 16.5. The van der Waals surface area contributed by atoms with Crippen LogP contribution in [0.4, 0.5) is 0 Å². The number of fused-ring (bicyclic) bond motifs is 12. The molecule has 0 amide bonds. The van der Waals surface area contributed by atoms with Gasteiger partial charge in [-0.05, 0) is 103 Å². The molecule has 306 valence electrons. The molecular weight excluding hydrogens is 805 g/mol. The molecule has 0 radical (unpaired) electrons. The zero-order valence-corrected chi connectivity index (χ0v) is 35.5. The van der Waals surface area contributed by atoms with Crippen LogP contribution in [-0.4, -0.2) is 19.5 Å². The van der Waals surface area contributed by atoms with Crippen LogP contribution < -0.4 is 0 Å². The van der Waals surface area contributed by atoms with Gasteiger partial charge in [-0.25, -0.2) is 15.0 Å². The topological polar surface area (TPSA) is 56.7 Å². The van der Waals surface area contributed by atoms with Crippen molar-refractivity contribution in [3.8, 4) is 51.0 Å². The maximum absolute atomic E-state index is 6.71. The van der Waals surface area contributed by atoms with Crippen molar-refractivity contribution in [2.75, 3.05) is 0 Å². The summed E-state index contributed by atoms with van der Waals surface area (Å²) in [6, 6.07) is 77.4. The summed E-state index contributed by atoms with van der Waals surface area (Å²) in [5, 5.41) is 13.7. The van der Waals surface area contributed by atoms with Gasteiger partial charge in [0.05, 0.1) is 22.1 Å². The third kappa shape index (κ3) is 5.57. The molecule has 0 aliphatic rings. The van der Waals surface area contributed by atoms with E-state index in [-0.39, 0.29) is 0 Å². The minimum absolute atomic E-state index is 0.566. The Balaban J connectivity index is 1.14. The lowest BCUT2D eigenvalue weighted by Gasteiger charge is -2.17. The van der Waals surface area contributed by atoms with Gasteiger partial charge < -0.3 is 8.98 Å². The average Bonchev–Trinajstić information content (AvgIpc) is 3.93. The van der Waals surface area contributed by atoms with E-state index < -0.39 is 0 Å². The molecule has 0 saturated heterocycles. The standard InChI is InChI=1S/C61H36N4O/c1-2-15-37(16-3-1)39-21-14-22-43(33-39)59-62-60(64-61(63-59)50-35-42-20-7-8-23-44(42)46-25-10-11-26-47(46)50)49-30-32-55-57(48-27-12-13-28-54(48)66-55)58(49)65-52-31-29-38-17-6-9-24-45(38)56(52)51-34-40-18-4-5-19-41(40)36-53(51)65/h1-36H. The van der Waals surface area contributed by atoms with Crippen LogP contribution in [0.1, 0.15) is 0 Å². The molecule has 0 aliphatic carbocycles. The molecule has 5 nitrogen and oxygen atoms in total. The second-order valence-corrected chi connectivity index (χ2v) is 17.1. The van der Waals surface area contributed by atoms with Gasteiger partial charge in [-0.15, -0.1) is 0 Å². The van der Waals surface area contributed by atoms with Gasteiger partial charge in [-0.2, -0.15) is 0 Å². The van der Waals surface area contributed by atoms with Gasteiger partial charge in [0.25, 0.3) is 0 Å². The summed E-state index contributed by atoms with van der Waals surface area (Å²) in [6.45, 7) is 0. The fourth-order valence-electron chi connectivity index (χ4n) is 10.4. The van der Waals surface area contributed by atoms with Gasteiger partial charge in [0.1, 0.15) is 11.2 Å². The molecule has 0 atom stereocenters. The zero-order valence-electron chi connectivity index (χ0n) is 35.5. The van der Waals surface area contributed by atoms with E-state index in [0.29, 0.717) is 17.5 Å². The number of furan rings is 1. The highest BCUT2D eigenvalue weighted by molar-refractivity contribution is 6.25. The number of rotatable bonds is 5. The smallest absolute Gasteiger partial charge is 0.166 e. The Bertz CT molecular complexity index is 4300. The van der Waals surface area contributed by atoms with Gasteiger partial charge >= 0.3 is 0 Å². The molecule has 3 heterocycles. The maximum atomic E-state index is 6.71. The van der Waals surface area contributed by atoms with Gasteiger partial charge in [-0.1, -0.05) is 170 Å². The predicted molar refractivity (Wildman–Crippen MR) is 273 cm³/mol. The number of aromatic nitrogens is 4. The fourth-order valence-corrected chi connectivity index (χ4v) is 10.4. The van der Waals surface area contributed by atoms with Crippen LogP contribution in [0.25, 0.3) is 138 Å². The van der Waals surface area contributed by atoms with Crippen molar-refractivity contribution in [2.45, 2.75) is 0 Å². The largest absolute Gasteiger partial charge is 0.456 e. The van der Waals surface area contributed by atoms with E-state index in [1.807, 2.05) is 12.1 Å². The second kappa shape index (κ2) is 14.3. The van der Waals surface area contributed by atoms with E-state index in [1.165, 1.54) is 32.3 Å². The summed E-state index contributed by atoms with van der Waals surface area (Å²) >= 11 is 0. The highest BCUT2D eigenvalue weighted by atomic mass is 16.3. The molecule has 0 saturated carbocycles. The van der Waals surface area contributed by atoms with Gasteiger partial charge in [0.2, 0.25) is 0 Å². The van der Waals surface area contributed by atoms with Gasteiger partial charge in [0, 0.05) is 32.8 Å². The van der Waals surface area contributed by atoms with E-state index in [0.717, 1.165) is 88.0 Å². The van der Waals surface area contributed by atoms with Crippen LogP contribution in [0.5, 0.6) is 0 Å². The van der Waals surface area contributed by atoms with Gasteiger partial charge in [0.15, 0.2) is 17.5 Å². The quantitative estimate of drug-likeness (QED) is 0.162. The first kappa shape index (κ1) is 36.5. The molecule has 0 fully saturated rings. The summed E-state index contributed by atoms with van der Waals surface area (Å²) in [7, 11) is 0. The first-order chi connectivity index (χ1) is 32.7. The van der Waals surface area contributed by atoms with Crippen molar-refractivity contribution in [2.24, 2.45) is 0 Å². The van der Waals surface area contributed by atoms with Crippen molar-refractivity contribution in [3.05, 3.63) is 218 Å². The fraction of sp³-hybridized carbons (Fsp3) is 0. The van der Waals surface area contributed by atoms with E-state index >= 15 is 0 Å². The highest BCUT2D eigenvalue weighted by Gasteiger charge is 2.26. The SMILES string of the molecule is c1ccc(-c2cccc(-c3nc(-c4ccc5oc6ccccc6c5c4-n4c5cc6ccccc6cc5c5c6ccccc6ccc54)nc(-c4cc5ccccc5c5ccccc45)n3)c2)cc1. The highest BCUT2D eigenvalue weighted by Crippen LogP contribution is 2.46. The summed E-state index contributed by atoms with van der Waals surface area (Å²) in [5.41, 5.74) is 9.66. The first-order valence-corrected chi connectivity index (χ1v) is 22.3. The van der Waals surface area contributed by atoms with Gasteiger partial charge in [-0.3, -0.25) is 0 Å². The number of nitrogens with zero attached hydrogens (tertiary/aromatic N) is 4. The molecule has 14 rings (SSSR count). The molecule has 0 spiro atoms. The van der Waals surface area contributed by atoms with Crippen LogP contribution in [0.15, 0.2) is 223 Å². The zero-order chi connectivity index (χ0) is 43.3. The molecule has 0 aliphatic heterocycles. The summed E-state index contributed by atoms with van der Waals surface area (Å²) in [6.07, 6.45) is 0. The normalized spacial score (nSPS) is 11.9. The number of hydrogen-bond donors (Lipinski definition) is 0. The molecule has 14 aromatic rings. The summed E-state index contributed by atoms with van der Waals surface area (Å²) < 4.78 is 9.15. The van der Waals surface area contributed by atoms with Crippen molar-refractivity contribution >= 4 is 86.8 Å². The lowest BCUT2D eigenvalue weighted by atomic mass is 9.96. The Morgan fingerprint density at radius 2 is 0.924 bits per heavy atom. The molecule has 3 aromatic heterocycles. The van der Waals surface area contributed by atoms with E-state index in [9.17, 15) is 0 Å². The molecular formula is C61H36N4O. The minimum atomic E-state index is 0.566. The molecule has 11 aromatic carbocycles. The number of benzene rings is 11. The second-order valence-electron chi connectivity index (χ2n) is 17.1. The van der Waals surface area contributed by atoms with E-state index in [1.54, 1.807) is 0 Å². The van der Waals surface area contributed by atoms with Crippen LogP contribution in [0.3, 0.4) is 0 Å². The molecule has 5 heteroatoms. The third-order valence-electron chi connectivity index (χ3n) is 13.4. The molecule has 66 heavy (non-hydrogen) atoms. The Hall–Kier alpha value is -8.93. The Kier molecular flexibility index (Phi) is 7.91. The maximum Gasteiger partial charge on any atom is 0.166 e. The Labute approximate surface area is 378 Å². The minimum Gasteiger partial charge on any atom is -0.456 e. The van der Waals surface area contributed by atoms with Crippen molar-refractivity contribution < 1.29 is 4.42 Å².